The van der Waals surface area contributed by atoms with Gasteiger partial charge in [0, 0.05) is 12.4 Å². The van der Waals surface area contributed by atoms with Crippen molar-refractivity contribution in [3.05, 3.63) is 35.8 Å². The highest BCUT2D eigenvalue weighted by Crippen LogP contribution is 2.26. The van der Waals surface area contributed by atoms with E-state index in [-0.39, 0.29) is 0 Å². The van der Waals surface area contributed by atoms with Gasteiger partial charge in [0.15, 0.2) is 5.16 Å². The van der Waals surface area contributed by atoms with Gasteiger partial charge in [-0.3, -0.25) is 0 Å². The van der Waals surface area contributed by atoms with Crippen LogP contribution in [0.15, 0.2) is 34.8 Å². The summed E-state index contributed by atoms with van der Waals surface area (Å²) in [4.78, 5) is 12.7. The van der Waals surface area contributed by atoms with Gasteiger partial charge in [-0.1, -0.05) is 0 Å². The molecule has 2 heterocycles. The van der Waals surface area contributed by atoms with Gasteiger partial charge in [0.2, 0.25) is 0 Å². The molecule has 0 spiro atoms. The molecule has 0 aliphatic carbocycles. The quantitative estimate of drug-likeness (QED) is 0.804. The van der Waals surface area contributed by atoms with Crippen LogP contribution in [0.3, 0.4) is 0 Å². The van der Waals surface area contributed by atoms with Crippen molar-refractivity contribution in [2.24, 2.45) is 0 Å². The monoisotopic (exact) mass is 232 g/mol. The van der Waals surface area contributed by atoms with Crippen LogP contribution in [0.2, 0.25) is 0 Å². The van der Waals surface area contributed by atoms with Crippen molar-refractivity contribution in [1.82, 2.24) is 15.0 Å². The molecule has 4 nitrogen and oxygen atoms in total. The molecule has 0 radical (unpaired) electrons. The van der Waals surface area contributed by atoms with Gasteiger partial charge in [-0.15, -0.1) is 0 Å². The van der Waals surface area contributed by atoms with Gasteiger partial charge < -0.3 is 5.73 Å². The van der Waals surface area contributed by atoms with E-state index in [1.165, 1.54) is 11.8 Å². The first-order valence-corrected chi connectivity index (χ1v) is 5.65. The van der Waals surface area contributed by atoms with Crippen LogP contribution in [0.5, 0.6) is 0 Å². The maximum absolute atomic E-state index is 5.64. The van der Waals surface area contributed by atoms with E-state index in [0.29, 0.717) is 10.8 Å². The number of pyridine rings is 1. The molecule has 0 atom stereocenters. The molecule has 82 valence electrons. The highest BCUT2D eigenvalue weighted by Gasteiger charge is 2.05. The van der Waals surface area contributed by atoms with Crippen LogP contribution in [0.25, 0.3) is 0 Å². The average molecular weight is 232 g/mol. The number of rotatable bonds is 2. The van der Waals surface area contributed by atoms with Gasteiger partial charge in [-0.05, 0) is 42.8 Å². The Morgan fingerprint density at radius 2 is 1.75 bits per heavy atom. The minimum absolute atomic E-state index is 0.673. The molecular formula is C11H12N4S. The fraction of sp³-hybridized carbons (Fsp3) is 0.182. The van der Waals surface area contributed by atoms with Crippen molar-refractivity contribution in [3.63, 3.8) is 0 Å². The number of anilines is 1. The summed E-state index contributed by atoms with van der Waals surface area (Å²) in [6.07, 6.45) is 5.23. The summed E-state index contributed by atoms with van der Waals surface area (Å²) >= 11 is 1.44. The molecule has 2 aromatic heterocycles. The molecule has 5 heteroatoms. The summed E-state index contributed by atoms with van der Waals surface area (Å²) in [5.74, 6) is 0. The first-order chi connectivity index (χ1) is 7.65. The number of nitrogen functional groups attached to an aromatic ring is 1. The van der Waals surface area contributed by atoms with E-state index in [1.54, 1.807) is 18.6 Å². The lowest BCUT2D eigenvalue weighted by molar-refractivity contribution is 0.942. The molecule has 16 heavy (non-hydrogen) atoms. The molecule has 0 amide bonds. The SMILES string of the molecule is Cc1cnc(Sc2ncc(N)cc2C)nc1. The van der Waals surface area contributed by atoms with Gasteiger partial charge in [0.1, 0.15) is 5.03 Å². The zero-order chi connectivity index (χ0) is 11.5. The minimum atomic E-state index is 0.673. The lowest BCUT2D eigenvalue weighted by Gasteiger charge is -2.03. The Morgan fingerprint density at radius 3 is 2.38 bits per heavy atom. The second kappa shape index (κ2) is 4.49. The summed E-state index contributed by atoms with van der Waals surface area (Å²) in [6.45, 7) is 3.93. The van der Waals surface area contributed by atoms with E-state index in [4.69, 9.17) is 5.73 Å². The highest BCUT2D eigenvalue weighted by molar-refractivity contribution is 7.99. The third kappa shape index (κ3) is 2.49. The van der Waals surface area contributed by atoms with E-state index in [2.05, 4.69) is 15.0 Å². The van der Waals surface area contributed by atoms with Gasteiger partial charge in [0.05, 0.1) is 11.9 Å². The summed E-state index contributed by atoms with van der Waals surface area (Å²) < 4.78 is 0. The molecule has 0 saturated heterocycles. The molecular weight excluding hydrogens is 220 g/mol. The van der Waals surface area contributed by atoms with Crippen molar-refractivity contribution in [2.45, 2.75) is 24.0 Å². The summed E-state index contributed by atoms with van der Waals surface area (Å²) in [5, 5.41) is 1.59. The molecule has 0 fully saturated rings. The Kier molecular flexibility index (Phi) is 3.05. The van der Waals surface area contributed by atoms with Crippen molar-refractivity contribution in [3.8, 4) is 0 Å². The third-order valence-corrected chi connectivity index (χ3v) is 3.01. The Labute approximate surface area is 98.3 Å². The molecule has 0 saturated carbocycles. The highest BCUT2D eigenvalue weighted by atomic mass is 32.2. The molecule has 0 aliphatic heterocycles. The topological polar surface area (TPSA) is 64.7 Å². The standard InChI is InChI=1S/C11H12N4S/c1-7-4-14-11(15-5-7)16-10-8(2)3-9(12)6-13-10/h3-6H,12H2,1-2H3. The zero-order valence-corrected chi connectivity index (χ0v) is 9.95. The van der Waals surface area contributed by atoms with Crippen LogP contribution in [-0.2, 0) is 0 Å². The van der Waals surface area contributed by atoms with Crippen LogP contribution in [0, 0.1) is 13.8 Å². The lowest BCUT2D eigenvalue weighted by atomic mass is 10.3. The normalized spacial score (nSPS) is 10.4. The molecule has 0 aliphatic rings. The number of aryl methyl sites for hydroxylation is 2. The molecule has 2 N–H and O–H groups in total. The van der Waals surface area contributed by atoms with E-state index in [0.717, 1.165) is 16.2 Å². The lowest BCUT2D eigenvalue weighted by Crippen LogP contribution is -1.93. The summed E-state index contributed by atoms with van der Waals surface area (Å²) in [6, 6.07) is 1.89. The van der Waals surface area contributed by atoms with Crippen LogP contribution in [0.1, 0.15) is 11.1 Å². The van der Waals surface area contributed by atoms with Crippen LogP contribution < -0.4 is 5.73 Å². The van der Waals surface area contributed by atoms with Crippen molar-refractivity contribution >= 4 is 17.4 Å². The van der Waals surface area contributed by atoms with Crippen molar-refractivity contribution in [2.75, 3.05) is 5.73 Å². The van der Waals surface area contributed by atoms with E-state index in [1.807, 2.05) is 19.9 Å². The molecule has 0 aromatic carbocycles. The van der Waals surface area contributed by atoms with E-state index < -0.39 is 0 Å². The minimum Gasteiger partial charge on any atom is -0.397 e. The molecule has 0 unspecified atom stereocenters. The van der Waals surface area contributed by atoms with Gasteiger partial charge >= 0.3 is 0 Å². The number of hydrogen-bond donors (Lipinski definition) is 1. The molecule has 2 rings (SSSR count). The van der Waals surface area contributed by atoms with Crippen molar-refractivity contribution < 1.29 is 0 Å². The average Bonchev–Trinajstić information content (AvgIpc) is 2.25. The Morgan fingerprint density at radius 1 is 1.06 bits per heavy atom. The zero-order valence-electron chi connectivity index (χ0n) is 9.14. The Hall–Kier alpha value is -1.62. The number of aromatic nitrogens is 3. The fourth-order valence-electron chi connectivity index (χ4n) is 1.21. The Bertz CT molecular complexity index is 496. The van der Waals surface area contributed by atoms with Crippen LogP contribution >= 0.6 is 11.8 Å². The second-order valence-corrected chi connectivity index (χ2v) is 4.49. The Balaban J connectivity index is 2.23. The predicted octanol–water partition coefficient (Wildman–Crippen LogP) is 2.22. The number of nitrogens with two attached hydrogens (primary N) is 1. The van der Waals surface area contributed by atoms with Gasteiger partial charge in [-0.2, -0.15) is 0 Å². The largest absolute Gasteiger partial charge is 0.397 e. The van der Waals surface area contributed by atoms with E-state index >= 15 is 0 Å². The van der Waals surface area contributed by atoms with Gasteiger partial charge in [0.25, 0.3) is 0 Å². The maximum Gasteiger partial charge on any atom is 0.193 e. The predicted molar refractivity (Wildman–Crippen MR) is 64.3 cm³/mol. The summed E-state index contributed by atoms with van der Waals surface area (Å²) in [5.41, 5.74) is 8.39. The fourth-order valence-corrected chi connectivity index (χ4v) is 1.92. The first kappa shape index (κ1) is 10.9. The first-order valence-electron chi connectivity index (χ1n) is 4.84. The maximum atomic E-state index is 5.64. The molecule has 0 bridgehead atoms. The van der Waals surface area contributed by atoms with Crippen LogP contribution in [-0.4, -0.2) is 15.0 Å². The number of hydrogen-bond acceptors (Lipinski definition) is 5. The van der Waals surface area contributed by atoms with Gasteiger partial charge in [-0.25, -0.2) is 15.0 Å². The van der Waals surface area contributed by atoms with Crippen molar-refractivity contribution in [1.29, 1.82) is 0 Å². The number of nitrogens with zero attached hydrogens (tertiary/aromatic N) is 3. The van der Waals surface area contributed by atoms with E-state index in [9.17, 15) is 0 Å². The molecule has 2 aromatic rings. The second-order valence-electron chi connectivity index (χ2n) is 3.54. The third-order valence-electron chi connectivity index (χ3n) is 2.00. The summed E-state index contributed by atoms with van der Waals surface area (Å²) in [7, 11) is 0. The van der Waals surface area contributed by atoms with Crippen LogP contribution in [0.4, 0.5) is 5.69 Å². The smallest absolute Gasteiger partial charge is 0.193 e.